The minimum absolute atomic E-state index is 0.0172. The van der Waals surface area contributed by atoms with Crippen LogP contribution < -0.4 is 14.4 Å². The molecule has 15 heteroatoms. The number of hydrogen-bond acceptors (Lipinski definition) is 7. The summed E-state index contributed by atoms with van der Waals surface area (Å²) in [7, 11) is 1.33. The minimum atomic E-state index is -4.93. The van der Waals surface area contributed by atoms with E-state index in [-0.39, 0.29) is 40.5 Å². The van der Waals surface area contributed by atoms with Crippen LogP contribution in [0.15, 0.2) is 66.7 Å². The van der Waals surface area contributed by atoms with Crippen LogP contribution in [0.25, 0.3) is 22.3 Å². The van der Waals surface area contributed by atoms with E-state index in [0.29, 0.717) is 22.3 Å². The lowest BCUT2D eigenvalue weighted by Gasteiger charge is -2.39. The maximum atomic E-state index is 15.6. The van der Waals surface area contributed by atoms with Gasteiger partial charge in [-0.2, -0.15) is 0 Å². The highest BCUT2D eigenvalue weighted by Crippen LogP contribution is 2.42. The zero-order valence-electron chi connectivity index (χ0n) is 26.7. The second-order valence-electron chi connectivity index (χ2n) is 12.0. The third-order valence-corrected chi connectivity index (χ3v) is 8.60. The summed E-state index contributed by atoms with van der Waals surface area (Å²) in [4.78, 5) is 32.1. The minimum Gasteiger partial charge on any atom is -0.496 e. The number of aryl methyl sites for hydroxylation is 1. The van der Waals surface area contributed by atoms with Crippen LogP contribution in [-0.4, -0.2) is 65.6 Å². The van der Waals surface area contributed by atoms with E-state index in [2.05, 4.69) is 9.72 Å². The number of amides is 1. The van der Waals surface area contributed by atoms with Crippen LogP contribution in [0.4, 0.5) is 37.0 Å². The van der Waals surface area contributed by atoms with Gasteiger partial charge in [0.15, 0.2) is 0 Å². The third kappa shape index (κ3) is 6.84. The lowest BCUT2D eigenvalue weighted by molar-refractivity contribution is -0.274. The number of alkyl halides is 5. The van der Waals surface area contributed by atoms with Gasteiger partial charge in [-0.05, 0) is 73.0 Å². The van der Waals surface area contributed by atoms with E-state index in [4.69, 9.17) is 9.47 Å². The van der Waals surface area contributed by atoms with Gasteiger partial charge in [0.25, 0.3) is 5.92 Å². The van der Waals surface area contributed by atoms with Crippen molar-refractivity contribution < 1.29 is 55.2 Å². The van der Waals surface area contributed by atoms with Crippen LogP contribution in [0.1, 0.15) is 40.2 Å². The molecule has 2 aliphatic heterocycles. The van der Waals surface area contributed by atoms with E-state index in [1.54, 1.807) is 19.9 Å². The molecule has 0 unspecified atom stereocenters. The highest BCUT2D eigenvalue weighted by molar-refractivity contribution is 5.89. The van der Waals surface area contributed by atoms with Crippen molar-refractivity contribution in [2.24, 2.45) is 0 Å². The van der Waals surface area contributed by atoms with E-state index in [1.165, 1.54) is 59.4 Å². The molecule has 2 fully saturated rings. The van der Waals surface area contributed by atoms with E-state index in [9.17, 15) is 36.6 Å². The molecule has 262 valence electrons. The number of carboxylic acids is 1. The van der Waals surface area contributed by atoms with Gasteiger partial charge in [-0.25, -0.2) is 27.7 Å². The lowest BCUT2D eigenvalue weighted by atomic mass is 9.93. The Morgan fingerprint density at radius 2 is 1.74 bits per heavy atom. The number of hydrogen-bond donors (Lipinski definition) is 1. The largest absolute Gasteiger partial charge is 0.573 e. The third-order valence-electron chi connectivity index (χ3n) is 8.60. The second kappa shape index (κ2) is 12.8. The van der Waals surface area contributed by atoms with E-state index in [0.717, 1.165) is 18.2 Å². The molecule has 4 aromatic rings. The summed E-state index contributed by atoms with van der Waals surface area (Å²) in [6.45, 7) is 1.89. The molecule has 2 saturated heterocycles. The Balaban J connectivity index is 1.40. The quantitative estimate of drug-likeness (QED) is 0.175. The molecule has 2 atom stereocenters. The molecule has 1 amide bonds. The standard InChI is InChI=1S/C35H29F6N3O6/c1-18-11-21(32(45)46)7-8-23(18)25-13-26(29(48-3)14-27(25)36)24-9-10-30(43-16-34(37,38)17-43)42-28(24)15-44-19(2)31(49-33(44)47)20-5-4-6-22(12-20)50-35(39,40)41/h4-14,19,31H,15-17H2,1-3H3,(H,45,46)/t19-,31-/m0/s1. The summed E-state index contributed by atoms with van der Waals surface area (Å²) >= 11 is 0. The average Bonchev–Trinajstić information content (AvgIpc) is 3.31. The monoisotopic (exact) mass is 701 g/mol. The van der Waals surface area contributed by atoms with Crippen LogP contribution in [0.3, 0.4) is 0 Å². The summed E-state index contributed by atoms with van der Waals surface area (Å²) in [6.07, 6.45) is -6.74. The molecular formula is C35H29F6N3O6. The fourth-order valence-electron chi connectivity index (χ4n) is 6.16. The van der Waals surface area contributed by atoms with Gasteiger partial charge in [0.1, 0.15) is 29.2 Å². The Morgan fingerprint density at radius 3 is 2.38 bits per heavy atom. The van der Waals surface area contributed by atoms with Crippen molar-refractivity contribution in [3.05, 3.63) is 94.9 Å². The number of carbonyl (C=O) groups is 2. The number of carbonyl (C=O) groups excluding carboxylic acids is 1. The van der Waals surface area contributed by atoms with Gasteiger partial charge in [0.2, 0.25) is 0 Å². The fourth-order valence-corrected chi connectivity index (χ4v) is 6.16. The van der Waals surface area contributed by atoms with Crippen molar-refractivity contribution in [1.82, 2.24) is 9.88 Å². The van der Waals surface area contributed by atoms with Gasteiger partial charge in [0.05, 0.1) is 44.0 Å². The molecule has 3 heterocycles. The Kier molecular flexibility index (Phi) is 8.78. The number of nitrogens with zero attached hydrogens (tertiary/aromatic N) is 3. The highest BCUT2D eigenvalue weighted by atomic mass is 19.4. The van der Waals surface area contributed by atoms with Crippen LogP contribution in [0, 0.1) is 12.7 Å². The maximum Gasteiger partial charge on any atom is 0.573 e. The van der Waals surface area contributed by atoms with Crippen molar-refractivity contribution in [3.8, 4) is 33.8 Å². The smallest absolute Gasteiger partial charge is 0.496 e. The van der Waals surface area contributed by atoms with Gasteiger partial charge in [-0.1, -0.05) is 18.2 Å². The molecule has 3 aromatic carbocycles. The Labute approximate surface area is 281 Å². The Hall–Kier alpha value is -5.47. The molecule has 50 heavy (non-hydrogen) atoms. The predicted octanol–water partition coefficient (Wildman–Crippen LogP) is 8.01. The number of aromatic carboxylic acids is 1. The number of halogens is 6. The van der Waals surface area contributed by atoms with Crippen LogP contribution >= 0.6 is 0 Å². The molecule has 0 spiro atoms. The molecule has 0 saturated carbocycles. The zero-order chi connectivity index (χ0) is 36.1. The number of benzene rings is 3. The van der Waals surface area contributed by atoms with E-state index >= 15 is 4.39 Å². The molecule has 0 bridgehead atoms. The molecule has 9 nitrogen and oxygen atoms in total. The number of rotatable bonds is 9. The van der Waals surface area contributed by atoms with Crippen LogP contribution in [0.5, 0.6) is 11.5 Å². The molecule has 2 aliphatic rings. The first-order valence-corrected chi connectivity index (χ1v) is 15.2. The zero-order valence-corrected chi connectivity index (χ0v) is 26.7. The summed E-state index contributed by atoms with van der Waals surface area (Å²) in [5.41, 5.74) is 2.17. The number of ether oxygens (including phenoxy) is 3. The van der Waals surface area contributed by atoms with E-state index in [1.807, 2.05) is 0 Å². The predicted molar refractivity (Wildman–Crippen MR) is 168 cm³/mol. The summed E-state index contributed by atoms with van der Waals surface area (Å²) in [6, 6.07) is 14.3. The average molecular weight is 702 g/mol. The van der Waals surface area contributed by atoms with Gasteiger partial charge >= 0.3 is 18.4 Å². The molecule has 0 aliphatic carbocycles. The molecule has 6 rings (SSSR count). The fraction of sp³-hybridized carbons (Fsp3) is 0.286. The lowest BCUT2D eigenvalue weighted by Crippen LogP contribution is -2.56. The van der Waals surface area contributed by atoms with Gasteiger partial charge in [0, 0.05) is 22.8 Å². The van der Waals surface area contributed by atoms with Crippen molar-refractivity contribution in [2.75, 3.05) is 25.1 Å². The van der Waals surface area contributed by atoms with Crippen LogP contribution in [0.2, 0.25) is 0 Å². The number of carboxylic acid groups (broad SMARTS) is 1. The number of pyridine rings is 1. The number of methoxy groups -OCH3 is 1. The number of cyclic esters (lactones) is 1. The Morgan fingerprint density at radius 1 is 1.02 bits per heavy atom. The number of aromatic nitrogens is 1. The SMILES string of the molecule is COc1cc(F)c(-c2ccc(C(=O)O)cc2C)cc1-c1ccc(N2CC(F)(F)C2)nc1CN1C(=O)O[C@H](c2cccc(OC(F)(F)F)c2)[C@@H]1C. The van der Waals surface area contributed by atoms with Gasteiger partial charge in [-0.3, -0.25) is 4.90 Å². The van der Waals surface area contributed by atoms with Crippen molar-refractivity contribution >= 4 is 17.9 Å². The number of anilines is 1. The molecule has 0 radical (unpaired) electrons. The van der Waals surface area contributed by atoms with Crippen molar-refractivity contribution in [1.29, 1.82) is 0 Å². The first-order chi connectivity index (χ1) is 23.5. The molecule has 1 N–H and O–H groups in total. The van der Waals surface area contributed by atoms with Crippen molar-refractivity contribution in [3.63, 3.8) is 0 Å². The van der Waals surface area contributed by atoms with Crippen LogP contribution in [-0.2, 0) is 11.3 Å². The summed E-state index contributed by atoms with van der Waals surface area (Å²) in [5.74, 6) is -4.92. The topological polar surface area (TPSA) is 101 Å². The summed E-state index contributed by atoms with van der Waals surface area (Å²) in [5, 5.41) is 9.39. The highest BCUT2D eigenvalue weighted by Gasteiger charge is 2.45. The molecular weight excluding hydrogens is 672 g/mol. The normalized spacial score (nSPS) is 18.5. The van der Waals surface area contributed by atoms with E-state index < -0.39 is 61.1 Å². The maximum absolute atomic E-state index is 15.6. The Bertz CT molecular complexity index is 1980. The first-order valence-electron chi connectivity index (χ1n) is 15.2. The second-order valence-corrected chi connectivity index (χ2v) is 12.0. The van der Waals surface area contributed by atoms with Gasteiger partial charge in [-0.15, -0.1) is 13.2 Å². The molecule has 1 aromatic heterocycles. The van der Waals surface area contributed by atoms with Crippen molar-refractivity contribution in [2.45, 2.75) is 44.8 Å². The first kappa shape index (κ1) is 34.4. The summed E-state index contributed by atoms with van der Waals surface area (Å²) < 4.78 is 97.0. The van der Waals surface area contributed by atoms with Gasteiger partial charge < -0.3 is 24.2 Å².